The predicted octanol–water partition coefficient (Wildman–Crippen LogP) is 3.15. The van der Waals surface area contributed by atoms with Gasteiger partial charge in [-0.2, -0.15) is 0 Å². The minimum atomic E-state index is -0.955. The number of thiophene rings is 1. The van der Waals surface area contributed by atoms with Crippen LogP contribution in [-0.4, -0.2) is 11.1 Å². The fourth-order valence-corrected chi connectivity index (χ4v) is 2.62. The van der Waals surface area contributed by atoms with Gasteiger partial charge in [-0.1, -0.05) is 23.7 Å². The maximum absolute atomic E-state index is 10.9. The second kappa shape index (κ2) is 4.87. The van der Waals surface area contributed by atoms with Gasteiger partial charge in [0.25, 0.3) is 0 Å². The van der Waals surface area contributed by atoms with Gasteiger partial charge in [-0.3, -0.25) is 0 Å². The minimum Gasteiger partial charge on any atom is -0.478 e. The van der Waals surface area contributed by atoms with Gasteiger partial charge in [0.05, 0.1) is 15.9 Å². The van der Waals surface area contributed by atoms with E-state index in [4.69, 9.17) is 22.4 Å². The lowest BCUT2D eigenvalue weighted by molar-refractivity contribution is 0.0697. The first-order chi connectivity index (χ1) is 8.08. The monoisotopic (exact) mass is 267 g/mol. The molecule has 0 aliphatic heterocycles. The van der Waals surface area contributed by atoms with Crippen LogP contribution < -0.4 is 5.73 Å². The summed E-state index contributed by atoms with van der Waals surface area (Å²) in [5.74, 6) is -0.955. The van der Waals surface area contributed by atoms with Crippen LogP contribution in [0.2, 0.25) is 4.34 Å². The van der Waals surface area contributed by atoms with E-state index in [-0.39, 0.29) is 11.6 Å². The van der Waals surface area contributed by atoms with Gasteiger partial charge >= 0.3 is 5.97 Å². The van der Waals surface area contributed by atoms with Crippen LogP contribution in [0.15, 0.2) is 36.4 Å². The molecule has 1 atom stereocenters. The summed E-state index contributed by atoms with van der Waals surface area (Å²) in [4.78, 5) is 11.8. The van der Waals surface area contributed by atoms with Crippen molar-refractivity contribution in [1.29, 1.82) is 0 Å². The lowest BCUT2D eigenvalue weighted by Gasteiger charge is -2.10. The van der Waals surface area contributed by atoms with E-state index < -0.39 is 5.97 Å². The number of rotatable bonds is 3. The molecule has 1 unspecified atom stereocenters. The molecule has 0 aliphatic carbocycles. The Balaban J connectivity index is 2.33. The van der Waals surface area contributed by atoms with Crippen molar-refractivity contribution in [3.05, 3.63) is 56.7 Å². The summed E-state index contributed by atoms with van der Waals surface area (Å²) in [5, 5.41) is 8.91. The topological polar surface area (TPSA) is 63.3 Å². The lowest BCUT2D eigenvalue weighted by Crippen LogP contribution is -2.11. The zero-order valence-electron chi connectivity index (χ0n) is 8.76. The SMILES string of the molecule is NC(c1cccc(C(=O)O)c1)c1ccc(Cl)s1. The highest BCUT2D eigenvalue weighted by Crippen LogP contribution is 2.29. The van der Waals surface area contributed by atoms with Crippen LogP contribution in [-0.2, 0) is 0 Å². The Morgan fingerprint density at radius 2 is 2.12 bits per heavy atom. The standard InChI is InChI=1S/C12H10ClNO2S/c13-10-5-4-9(17-10)11(14)7-2-1-3-8(6-7)12(15)16/h1-6,11H,14H2,(H,15,16). The van der Waals surface area contributed by atoms with Crippen molar-refractivity contribution < 1.29 is 9.90 Å². The Hall–Kier alpha value is -1.36. The van der Waals surface area contributed by atoms with E-state index in [2.05, 4.69) is 0 Å². The van der Waals surface area contributed by atoms with Gasteiger partial charge in [0.15, 0.2) is 0 Å². The summed E-state index contributed by atoms with van der Waals surface area (Å²) < 4.78 is 0.671. The van der Waals surface area contributed by atoms with Gasteiger partial charge in [0, 0.05) is 4.88 Å². The molecular weight excluding hydrogens is 258 g/mol. The molecule has 17 heavy (non-hydrogen) atoms. The first-order valence-electron chi connectivity index (χ1n) is 4.92. The Bertz CT molecular complexity index is 553. The summed E-state index contributed by atoms with van der Waals surface area (Å²) in [6, 6.07) is 9.92. The van der Waals surface area contributed by atoms with E-state index in [9.17, 15) is 4.79 Å². The molecule has 0 amide bonds. The lowest BCUT2D eigenvalue weighted by atomic mass is 10.0. The molecule has 0 fully saturated rings. The summed E-state index contributed by atoms with van der Waals surface area (Å²) in [7, 11) is 0. The zero-order chi connectivity index (χ0) is 12.4. The normalized spacial score (nSPS) is 12.4. The van der Waals surface area contributed by atoms with E-state index >= 15 is 0 Å². The van der Waals surface area contributed by atoms with Gasteiger partial charge in [0.1, 0.15) is 0 Å². The van der Waals surface area contributed by atoms with Crippen molar-refractivity contribution in [2.75, 3.05) is 0 Å². The quantitative estimate of drug-likeness (QED) is 0.898. The number of carboxylic acid groups (broad SMARTS) is 1. The molecule has 0 saturated heterocycles. The van der Waals surface area contributed by atoms with Crippen molar-refractivity contribution in [3.8, 4) is 0 Å². The molecule has 0 radical (unpaired) electrons. The van der Waals surface area contributed by atoms with Crippen molar-refractivity contribution in [1.82, 2.24) is 0 Å². The number of hydrogen-bond donors (Lipinski definition) is 2. The van der Waals surface area contributed by atoms with E-state index in [1.165, 1.54) is 11.3 Å². The summed E-state index contributed by atoms with van der Waals surface area (Å²) in [5.41, 5.74) is 7.06. The van der Waals surface area contributed by atoms with Crippen molar-refractivity contribution in [3.63, 3.8) is 0 Å². The molecule has 1 aromatic carbocycles. The average Bonchev–Trinajstić information content (AvgIpc) is 2.75. The summed E-state index contributed by atoms with van der Waals surface area (Å²) in [6.45, 7) is 0. The smallest absolute Gasteiger partial charge is 0.335 e. The highest BCUT2D eigenvalue weighted by Gasteiger charge is 2.13. The first-order valence-corrected chi connectivity index (χ1v) is 6.11. The summed E-state index contributed by atoms with van der Waals surface area (Å²) in [6.07, 6.45) is 0. The van der Waals surface area contributed by atoms with Crippen LogP contribution in [0.25, 0.3) is 0 Å². The van der Waals surface area contributed by atoms with Gasteiger partial charge in [-0.05, 0) is 29.8 Å². The Labute approximate surface area is 107 Å². The highest BCUT2D eigenvalue weighted by atomic mass is 35.5. The van der Waals surface area contributed by atoms with E-state index in [0.29, 0.717) is 4.34 Å². The number of carboxylic acids is 1. The third kappa shape index (κ3) is 2.66. The molecule has 1 heterocycles. The molecule has 88 valence electrons. The van der Waals surface area contributed by atoms with Crippen molar-refractivity contribution in [2.45, 2.75) is 6.04 Å². The number of carbonyl (C=O) groups is 1. The second-order valence-corrected chi connectivity index (χ2v) is 5.30. The zero-order valence-corrected chi connectivity index (χ0v) is 10.3. The molecule has 3 nitrogen and oxygen atoms in total. The number of halogens is 1. The van der Waals surface area contributed by atoms with Crippen LogP contribution in [0, 0.1) is 0 Å². The number of aromatic carboxylic acids is 1. The average molecular weight is 268 g/mol. The van der Waals surface area contributed by atoms with Crippen molar-refractivity contribution in [2.24, 2.45) is 5.73 Å². The first kappa shape index (κ1) is 12.1. The molecule has 0 spiro atoms. The number of benzene rings is 1. The number of nitrogens with two attached hydrogens (primary N) is 1. The van der Waals surface area contributed by atoms with Gasteiger partial charge in [-0.15, -0.1) is 11.3 Å². The fraction of sp³-hybridized carbons (Fsp3) is 0.0833. The van der Waals surface area contributed by atoms with Crippen LogP contribution in [0.4, 0.5) is 0 Å². The predicted molar refractivity (Wildman–Crippen MR) is 68.8 cm³/mol. The van der Waals surface area contributed by atoms with Crippen LogP contribution >= 0.6 is 22.9 Å². The molecule has 0 saturated carbocycles. The molecule has 1 aromatic heterocycles. The van der Waals surface area contributed by atoms with E-state index in [1.807, 2.05) is 12.1 Å². The van der Waals surface area contributed by atoms with Gasteiger partial charge in [0.2, 0.25) is 0 Å². The Morgan fingerprint density at radius 1 is 1.35 bits per heavy atom. The molecule has 2 rings (SSSR count). The molecule has 0 bridgehead atoms. The largest absolute Gasteiger partial charge is 0.478 e. The third-order valence-electron chi connectivity index (χ3n) is 2.39. The molecule has 5 heteroatoms. The second-order valence-electron chi connectivity index (χ2n) is 3.55. The summed E-state index contributed by atoms with van der Waals surface area (Å²) >= 11 is 7.24. The molecule has 0 aliphatic rings. The van der Waals surface area contributed by atoms with Gasteiger partial charge in [-0.25, -0.2) is 4.79 Å². The van der Waals surface area contributed by atoms with Crippen LogP contribution in [0.3, 0.4) is 0 Å². The van der Waals surface area contributed by atoms with Gasteiger partial charge < -0.3 is 10.8 Å². The third-order valence-corrected chi connectivity index (χ3v) is 3.71. The van der Waals surface area contributed by atoms with Crippen LogP contribution in [0.1, 0.15) is 26.8 Å². The molecular formula is C12H10ClNO2S. The van der Waals surface area contributed by atoms with Crippen LogP contribution in [0.5, 0.6) is 0 Å². The Morgan fingerprint density at radius 3 is 2.71 bits per heavy atom. The maximum Gasteiger partial charge on any atom is 0.335 e. The maximum atomic E-state index is 10.9. The van der Waals surface area contributed by atoms with E-state index in [1.54, 1.807) is 24.3 Å². The number of hydrogen-bond acceptors (Lipinski definition) is 3. The van der Waals surface area contributed by atoms with Crippen molar-refractivity contribution >= 4 is 28.9 Å². The minimum absolute atomic E-state index is 0.237. The Kier molecular flexibility index (Phi) is 3.47. The highest BCUT2D eigenvalue weighted by molar-refractivity contribution is 7.16. The van der Waals surface area contributed by atoms with E-state index in [0.717, 1.165) is 10.4 Å². The molecule has 2 aromatic rings. The fourth-order valence-electron chi connectivity index (χ4n) is 1.52. The molecule has 3 N–H and O–H groups in total.